The van der Waals surface area contributed by atoms with Crippen LogP contribution < -0.4 is 16.5 Å². The SMILES string of the molecule is CC1CCC[C@@H](NC(=O)C2=CCONC=C2)C1.CN(C)C(=O)C(CCC1CCCCC1)N=CN. The van der Waals surface area contributed by atoms with Gasteiger partial charge in [0.2, 0.25) is 5.91 Å². The molecule has 3 aliphatic rings. The summed E-state index contributed by atoms with van der Waals surface area (Å²) in [6.45, 7) is 2.66. The first-order valence-electron chi connectivity index (χ1n) is 12.9. The van der Waals surface area contributed by atoms with Crippen LogP contribution in [0, 0.1) is 11.8 Å². The number of nitrogens with zero attached hydrogens (tertiary/aromatic N) is 2. The molecule has 2 aliphatic carbocycles. The maximum Gasteiger partial charge on any atom is 0.251 e. The number of hydroxylamine groups is 1. The summed E-state index contributed by atoms with van der Waals surface area (Å²) < 4.78 is 0. The van der Waals surface area contributed by atoms with Crippen LogP contribution in [-0.4, -0.2) is 55.8 Å². The predicted molar refractivity (Wildman–Crippen MR) is 137 cm³/mol. The molecule has 0 saturated heterocycles. The Hall–Kier alpha value is -2.35. The topological polar surface area (TPSA) is 109 Å². The molecule has 2 amide bonds. The Morgan fingerprint density at radius 1 is 1.24 bits per heavy atom. The summed E-state index contributed by atoms with van der Waals surface area (Å²) in [6, 6.07) is 0.0506. The number of carbonyl (C=O) groups excluding carboxylic acids is 2. The average molecular weight is 476 g/mol. The fraction of sp³-hybridized carbons (Fsp3) is 0.731. The molecule has 34 heavy (non-hydrogen) atoms. The number of aliphatic imine (C=N–C) groups is 1. The van der Waals surface area contributed by atoms with Crippen LogP contribution in [0.15, 0.2) is 28.9 Å². The molecule has 1 aliphatic heterocycles. The van der Waals surface area contributed by atoms with Gasteiger partial charge in [0.05, 0.1) is 12.9 Å². The van der Waals surface area contributed by atoms with E-state index in [9.17, 15) is 9.59 Å². The lowest BCUT2D eigenvalue weighted by Crippen LogP contribution is -2.38. The molecule has 0 aromatic carbocycles. The smallest absolute Gasteiger partial charge is 0.251 e. The first-order chi connectivity index (χ1) is 16.4. The van der Waals surface area contributed by atoms with E-state index in [2.05, 4.69) is 22.7 Å². The van der Waals surface area contributed by atoms with Crippen molar-refractivity contribution >= 4 is 18.2 Å². The Bertz CT molecular complexity index is 713. The molecule has 2 fully saturated rings. The molecule has 192 valence electrons. The average Bonchev–Trinajstić information content (AvgIpc) is 3.12. The normalized spacial score (nSPS) is 24.1. The summed E-state index contributed by atoms with van der Waals surface area (Å²) in [6.07, 6.45) is 19.7. The zero-order chi connectivity index (χ0) is 24.8. The van der Waals surface area contributed by atoms with Crippen molar-refractivity contribution in [2.45, 2.75) is 89.6 Å². The van der Waals surface area contributed by atoms with Crippen LogP contribution in [0.3, 0.4) is 0 Å². The molecule has 0 aromatic rings. The van der Waals surface area contributed by atoms with E-state index < -0.39 is 0 Å². The third-order valence-electron chi connectivity index (χ3n) is 6.90. The van der Waals surface area contributed by atoms with E-state index >= 15 is 0 Å². The van der Waals surface area contributed by atoms with Crippen LogP contribution >= 0.6 is 0 Å². The number of nitrogens with one attached hydrogen (secondary N) is 2. The molecule has 8 nitrogen and oxygen atoms in total. The van der Waals surface area contributed by atoms with Crippen molar-refractivity contribution in [2.24, 2.45) is 22.6 Å². The molecule has 3 atom stereocenters. The number of rotatable bonds is 7. The second-order valence-corrected chi connectivity index (χ2v) is 9.99. The van der Waals surface area contributed by atoms with Crippen molar-refractivity contribution in [2.75, 3.05) is 20.7 Å². The van der Waals surface area contributed by atoms with E-state index in [0.29, 0.717) is 18.2 Å². The highest BCUT2D eigenvalue weighted by atomic mass is 16.6. The van der Waals surface area contributed by atoms with Crippen molar-refractivity contribution in [3.05, 3.63) is 23.9 Å². The summed E-state index contributed by atoms with van der Waals surface area (Å²) in [5.74, 6) is 1.57. The minimum absolute atomic E-state index is 0.00708. The van der Waals surface area contributed by atoms with Gasteiger partial charge < -0.3 is 16.0 Å². The van der Waals surface area contributed by atoms with E-state index in [1.807, 2.05) is 0 Å². The van der Waals surface area contributed by atoms with Crippen LogP contribution in [0.4, 0.5) is 0 Å². The molecule has 1 heterocycles. The van der Waals surface area contributed by atoms with Crippen LogP contribution in [0.2, 0.25) is 0 Å². The van der Waals surface area contributed by atoms with E-state index in [0.717, 1.165) is 37.5 Å². The Labute approximate surface area is 205 Å². The van der Waals surface area contributed by atoms with Gasteiger partial charge in [0.15, 0.2) is 0 Å². The van der Waals surface area contributed by atoms with Crippen LogP contribution in [-0.2, 0) is 14.4 Å². The summed E-state index contributed by atoms with van der Waals surface area (Å²) in [7, 11) is 3.53. The number of nitrogens with two attached hydrogens (primary N) is 1. The monoisotopic (exact) mass is 475 g/mol. The van der Waals surface area contributed by atoms with Crippen molar-refractivity contribution in [1.82, 2.24) is 15.7 Å². The molecule has 2 unspecified atom stereocenters. The molecule has 0 spiro atoms. The molecule has 0 radical (unpaired) electrons. The van der Waals surface area contributed by atoms with Crippen LogP contribution in [0.1, 0.15) is 77.6 Å². The lowest BCUT2D eigenvalue weighted by atomic mass is 9.85. The third-order valence-corrected chi connectivity index (χ3v) is 6.90. The maximum atomic E-state index is 12.0. The van der Waals surface area contributed by atoms with E-state index in [4.69, 9.17) is 10.6 Å². The summed E-state index contributed by atoms with van der Waals surface area (Å²) >= 11 is 0. The summed E-state index contributed by atoms with van der Waals surface area (Å²) in [4.78, 5) is 34.5. The second kappa shape index (κ2) is 15.5. The van der Waals surface area contributed by atoms with Crippen molar-refractivity contribution in [3.63, 3.8) is 0 Å². The molecule has 3 rings (SSSR count). The van der Waals surface area contributed by atoms with Gasteiger partial charge in [-0.05, 0) is 49.7 Å². The Balaban J connectivity index is 0.000000240. The molecule has 8 heteroatoms. The number of likely N-dealkylation sites (N-methyl/N-ethyl adjacent to an activating group) is 1. The summed E-state index contributed by atoms with van der Waals surface area (Å²) in [5.41, 5.74) is 8.62. The summed E-state index contributed by atoms with van der Waals surface area (Å²) in [5, 5.41) is 3.10. The minimum Gasteiger partial charge on any atom is -0.390 e. The molecular weight excluding hydrogens is 430 g/mol. The first kappa shape index (κ1) is 27.9. The maximum absolute atomic E-state index is 12.0. The lowest BCUT2D eigenvalue weighted by molar-refractivity contribution is -0.130. The van der Waals surface area contributed by atoms with Gasteiger partial charge in [-0.1, -0.05) is 51.9 Å². The highest BCUT2D eigenvalue weighted by molar-refractivity contribution is 5.96. The third kappa shape index (κ3) is 10.3. The van der Waals surface area contributed by atoms with Crippen LogP contribution in [0.25, 0.3) is 0 Å². The minimum atomic E-state index is -0.281. The number of carbonyl (C=O) groups is 2. The van der Waals surface area contributed by atoms with E-state index in [1.54, 1.807) is 37.3 Å². The standard InChI is InChI=1S/C13H25N3O.C13H20N2O2/c1-16(2)13(17)12(15-10-14)9-8-11-6-4-3-5-7-11;1-10-3-2-4-12(9-10)15-13(16)11-5-7-14-17-8-6-11/h10-12H,3-9H2,1-2H3,(H2,14,15);5-7,10,12,14H,2-4,8-9H2,1H3,(H,15,16)/t;10?,12-/m.1/s1. The molecular formula is C26H45N5O3. The van der Waals surface area contributed by atoms with Crippen molar-refractivity contribution < 1.29 is 14.4 Å². The fourth-order valence-corrected chi connectivity index (χ4v) is 4.95. The first-order valence-corrected chi connectivity index (χ1v) is 12.9. The highest BCUT2D eigenvalue weighted by Gasteiger charge is 2.22. The predicted octanol–water partition coefficient (Wildman–Crippen LogP) is 3.45. The fourth-order valence-electron chi connectivity index (χ4n) is 4.95. The number of hydrogen-bond acceptors (Lipinski definition) is 5. The van der Waals surface area contributed by atoms with Gasteiger partial charge in [0.25, 0.3) is 5.91 Å². The largest absolute Gasteiger partial charge is 0.390 e. The zero-order valence-electron chi connectivity index (χ0n) is 21.3. The van der Waals surface area contributed by atoms with Crippen molar-refractivity contribution in [1.29, 1.82) is 0 Å². The van der Waals surface area contributed by atoms with E-state index in [-0.39, 0.29) is 17.9 Å². The second-order valence-electron chi connectivity index (χ2n) is 9.99. The van der Waals surface area contributed by atoms with Gasteiger partial charge in [-0.3, -0.25) is 24.9 Å². The highest BCUT2D eigenvalue weighted by Crippen LogP contribution is 2.28. The number of hydrogen-bond donors (Lipinski definition) is 3. The van der Waals surface area contributed by atoms with Crippen LogP contribution in [0.5, 0.6) is 0 Å². The van der Waals surface area contributed by atoms with Gasteiger partial charge in [-0.25, -0.2) is 0 Å². The van der Waals surface area contributed by atoms with Gasteiger partial charge in [-0.2, -0.15) is 0 Å². The van der Waals surface area contributed by atoms with Crippen molar-refractivity contribution in [3.8, 4) is 0 Å². The number of amides is 2. The molecule has 0 bridgehead atoms. The van der Waals surface area contributed by atoms with Gasteiger partial charge in [0.1, 0.15) is 6.04 Å². The van der Waals surface area contributed by atoms with Gasteiger partial charge >= 0.3 is 0 Å². The molecule has 2 saturated carbocycles. The molecule has 4 N–H and O–H groups in total. The quantitative estimate of drug-likeness (QED) is 0.386. The zero-order valence-corrected chi connectivity index (χ0v) is 21.3. The Morgan fingerprint density at radius 2 is 2.00 bits per heavy atom. The lowest BCUT2D eigenvalue weighted by Gasteiger charge is -2.27. The molecule has 0 aromatic heterocycles. The van der Waals surface area contributed by atoms with Gasteiger partial charge in [-0.15, -0.1) is 0 Å². The van der Waals surface area contributed by atoms with E-state index in [1.165, 1.54) is 51.3 Å². The van der Waals surface area contributed by atoms with Gasteiger partial charge in [0, 0.05) is 31.9 Å². The Morgan fingerprint density at radius 3 is 2.68 bits per heavy atom. The Kier molecular flexibility index (Phi) is 12.7.